The average molecular weight is 266 g/mol. The molecule has 96 valence electrons. The van der Waals surface area contributed by atoms with Crippen molar-refractivity contribution in [2.24, 2.45) is 10.2 Å². The summed E-state index contributed by atoms with van der Waals surface area (Å²) in [5.41, 5.74) is 0.408. The zero-order valence-electron chi connectivity index (χ0n) is 10.4. The molecule has 5 nitrogen and oxygen atoms in total. The number of ketones is 2. The van der Waals surface area contributed by atoms with E-state index in [1.807, 2.05) is 0 Å². The van der Waals surface area contributed by atoms with Gasteiger partial charge in [0, 0.05) is 6.26 Å². The highest BCUT2D eigenvalue weighted by molar-refractivity contribution is 7.84. The smallest absolute Gasteiger partial charge is 0.187 e. The van der Waals surface area contributed by atoms with Crippen molar-refractivity contribution in [3.8, 4) is 0 Å². The summed E-state index contributed by atoms with van der Waals surface area (Å²) >= 11 is 0. The zero-order valence-corrected chi connectivity index (χ0v) is 11.2. The molecule has 0 radical (unpaired) electrons. The summed E-state index contributed by atoms with van der Waals surface area (Å²) in [6, 6.07) is 5.69. The number of carbonyl (C=O) groups is 2. The maximum atomic E-state index is 11.5. The molecule has 0 saturated heterocycles. The van der Waals surface area contributed by atoms with Crippen molar-refractivity contribution < 1.29 is 13.8 Å². The van der Waals surface area contributed by atoms with Gasteiger partial charge in [-0.3, -0.25) is 13.8 Å². The lowest BCUT2D eigenvalue weighted by Gasteiger charge is -2.03. The minimum absolute atomic E-state index is 0.360. The lowest BCUT2D eigenvalue weighted by atomic mass is 10.1. The van der Waals surface area contributed by atoms with Gasteiger partial charge in [-0.05, 0) is 26.0 Å². The number of azo groups is 1. The quantitative estimate of drug-likeness (QED) is 0.604. The number of benzene rings is 1. The molecule has 1 unspecified atom stereocenters. The van der Waals surface area contributed by atoms with Crippen molar-refractivity contribution >= 4 is 28.1 Å². The van der Waals surface area contributed by atoms with Crippen molar-refractivity contribution in [2.45, 2.75) is 24.8 Å². The van der Waals surface area contributed by atoms with Gasteiger partial charge in [-0.2, -0.15) is 10.2 Å². The van der Waals surface area contributed by atoms with E-state index in [-0.39, 0.29) is 11.6 Å². The summed E-state index contributed by atoms with van der Waals surface area (Å²) in [7, 11) is -1.20. The minimum Gasteiger partial charge on any atom is -0.297 e. The molecule has 0 aliphatic rings. The van der Waals surface area contributed by atoms with E-state index in [1.54, 1.807) is 24.3 Å². The molecule has 1 aromatic rings. The second-order valence-electron chi connectivity index (χ2n) is 3.76. The molecule has 1 atom stereocenters. The maximum Gasteiger partial charge on any atom is 0.187 e. The first-order valence-corrected chi connectivity index (χ1v) is 6.83. The van der Waals surface area contributed by atoms with Gasteiger partial charge < -0.3 is 0 Å². The van der Waals surface area contributed by atoms with Gasteiger partial charge in [0.15, 0.2) is 17.6 Å². The standard InChI is InChI=1S/C12H14N2O3S/c1-8(15)12(9(2)16)14-13-10-6-4-5-7-11(10)18(3)17/h4-7,12H,1-3H3. The summed E-state index contributed by atoms with van der Waals surface area (Å²) < 4.78 is 11.5. The van der Waals surface area contributed by atoms with E-state index in [2.05, 4.69) is 10.2 Å². The van der Waals surface area contributed by atoms with E-state index in [0.29, 0.717) is 10.6 Å². The van der Waals surface area contributed by atoms with Crippen LogP contribution in [0.4, 0.5) is 5.69 Å². The molecule has 18 heavy (non-hydrogen) atoms. The van der Waals surface area contributed by atoms with E-state index in [4.69, 9.17) is 0 Å². The third-order valence-corrected chi connectivity index (χ3v) is 3.19. The van der Waals surface area contributed by atoms with Crippen LogP contribution in [-0.2, 0) is 20.4 Å². The average Bonchev–Trinajstić information content (AvgIpc) is 2.28. The fourth-order valence-corrected chi connectivity index (χ4v) is 2.03. The minimum atomic E-state index is -1.20. The lowest BCUT2D eigenvalue weighted by Crippen LogP contribution is -2.23. The van der Waals surface area contributed by atoms with Gasteiger partial charge in [0.05, 0.1) is 15.7 Å². The molecule has 0 bridgehead atoms. The van der Waals surface area contributed by atoms with Crippen LogP contribution in [0.2, 0.25) is 0 Å². The lowest BCUT2D eigenvalue weighted by molar-refractivity contribution is -0.126. The van der Waals surface area contributed by atoms with Crippen LogP contribution < -0.4 is 0 Å². The second-order valence-corrected chi connectivity index (χ2v) is 5.11. The molecule has 0 saturated carbocycles. The van der Waals surface area contributed by atoms with Crippen molar-refractivity contribution in [3.05, 3.63) is 24.3 Å². The highest BCUT2D eigenvalue weighted by atomic mass is 32.2. The Labute approximate surface area is 108 Å². The van der Waals surface area contributed by atoms with E-state index in [0.717, 1.165) is 0 Å². The van der Waals surface area contributed by atoms with Crippen LogP contribution in [-0.4, -0.2) is 28.1 Å². The number of hydrogen-bond donors (Lipinski definition) is 0. The number of nitrogens with zero attached hydrogens (tertiary/aromatic N) is 2. The van der Waals surface area contributed by atoms with Crippen molar-refractivity contribution in [2.75, 3.05) is 6.26 Å². The zero-order chi connectivity index (χ0) is 13.7. The van der Waals surface area contributed by atoms with Gasteiger partial charge in [-0.25, -0.2) is 0 Å². The van der Waals surface area contributed by atoms with E-state index >= 15 is 0 Å². The van der Waals surface area contributed by atoms with Crippen LogP contribution in [0.5, 0.6) is 0 Å². The topological polar surface area (TPSA) is 75.9 Å². The second kappa shape index (κ2) is 6.30. The molecule has 0 amide bonds. The molecule has 1 aromatic carbocycles. The van der Waals surface area contributed by atoms with Crippen LogP contribution in [0.3, 0.4) is 0 Å². The first-order valence-electron chi connectivity index (χ1n) is 5.27. The summed E-state index contributed by atoms with van der Waals surface area (Å²) in [6.45, 7) is 2.57. The maximum absolute atomic E-state index is 11.5. The molecular formula is C12H14N2O3S. The Kier molecular flexibility index (Phi) is 5.03. The van der Waals surface area contributed by atoms with Gasteiger partial charge in [-0.1, -0.05) is 12.1 Å². The Bertz CT molecular complexity index is 512. The monoisotopic (exact) mass is 266 g/mol. The molecule has 0 aliphatic heterocycles. The molecule has 0 heterocycles. The van der Waals surface area contributed by atoms with E-state index < -0.39 is 16.8 Å². The molecule has 0 N–H and O–H groups in total. The van der Waals surface area contributed by atoms with Gasteiger partial charge >= 0.3 is 0 Å². The molecule has 0 fully saturated rings. The van der Waals surface area contributed by atoms with Crippen LogP contribution in [0, 0.1) is 0 Å². The Morgan fingerprint density at radius 1 is 1.17 bits per heavy atom. The Morgan fingerprint density at radius 2 is 1.72 bits per heavy atom. The fraction of sp³-hybridized carbons (Fsp3) is 0.333. The predicted molar refractivity (Wildman–Crippen MR) is 68.4 cm³/mol. The van der Waals surface area contributed by atoms with Crippen LogP contribution in [0.15, 0.2) is 39.4 Å². The molecule has 0 spiro atoms. The van der Waals surface area contributed by atoms with Crippen molar-refractivity contribution in [3.63, 3.8) is 0 Å². The van der Waals surface area contributed by atoms with Crippen LogP contribution in [0.1, 0.15) is 13.8 Å². The largest absolute Gasteiger partial charge is 0.297 e. The molecule has 0 aliphatic carbocycles. The van der Waals surface area contributed by atoms with E-state index in [9.17, 15) is 13.8 Å². The summed E-state index contributed by atoms with van der Waals surface area (Å²) in [4.78, 5) is 22.9. The highest BCUT2D eigenvalue weighted by Crippen LogP contribution is 2.22. The number of carbonyl (C=O) groups excluding carboxylic acids is 2. The van der Waals surface area contributed by atoms with Gasteiger partial charge in [0.2, 0.25) is 0 Å². The van der Waals surface area contributed by atoms with Crippen molar-refractivity contribution in [1.29, 1.82) is 0 Å². The third kappa shape index (κ3) is 3.66. The van der Waals surface area contributed by atoms with E-state index in [1.165, 1.54) is 20.1 Å². The number of Topliss-reactive ketones (excluding diaryl/α,β-unsaturated/α-hetero) is 2. The van der Waals surface area contributed by atoms with Gasteiger partial charge in [0.1, 0.15) is 5.69 Å². The summed E-state index contributed by atoms with van der Waals surface area (Å²) in [6.07, 6.45) is 1.53. The first-order chi connectivity index (χ1) is 8.43. The van der Waals surface area contributed by atoms with Gasteiger partial charge in [-0.15, -0.1) is 0 Å². The number of rotatable bonds is 5. The Hall–Kier alpha value is -1.69. The number of hydrogen-bond acceptors (Lipinski definition) is 5. The first kappa shape index (κ1) is 14.4. The third-order valence-electron chi connectivity index (χ3n) is 2.23. The molecule has 6 heteroatoms. The fourth-order valence-electron chi connectivity index (χ4n) is 1.35. The summed E-state index contributed by atoms with van der Waals surface area (Å²) in [5.74, 6) is -0.720. The SMILES string of the molecule is CC(=O)C(N=Nc1ccccc1S(C)=O)C(C)=O. The predicted octanol–water partition coefficient (Wildman–Crippen LogP) is 2.05. The van der Waals surface area contributed by atoms with Crippen molar-refractivity contribution in [1.82, 2.24) is 0 Å². The van der Waals surface area contributed by atoms with Crippen LogP contribution in [0.25, 0.3) is 0 Å². The summed E-state index contributed by atoms with van der Waals surface area (Å²) in [5, 5.41) is 7.59. The van der Waals surface area contributed by atoms with Crippen LogP contribution >= 0.6 is 0 Å². The Morgan fingerprint density at radius 3 is 2.22 bits per heavy atom. The molecular weight excluding hydrogens is 252 g/mol. The van der Waals surface area contributed by atoms with Gasteiger partial charge in [0.25, 0.3) is 0 Å². The molecule has 0 aromatic heterocycles. The molecule has 1 rings (SSSR count). The highest BCUT2D eigenvalue weighted by Gasteiger charge is 2.18. The Balaban J connectivity index is 3.07. The normalized spacial score (nSPS) is 12.9.